The molecule has 0 amide bonds. The van der Waals surface area contributed by atoms with E-state index < -0.39 is 0 Å². The summed E-state index contributed by atoms with van der Waals surface area (Å²) in [5.74, 6) is 0.770. The minimum atomic E-state index is 0.770. The van der Waals surface area contributed by atoms with Gasteiger partial charge in [-0.1, -0.05) is 0 Å². The van der Waals surface area contributed by atoms with E-state index in [0.717, 1.165) is 51.6 Å². The first-order valence-electron chi connectivity index (χ1n) is 6.54. The summed E-state index contributed by atoms with van der Waals surface area (Å²) in [7, 11) is 3.90. The van der Waals surface area contributed by atoms with Gasteiger partial charge in [-0.15, -0.1) is 0 Å². The van der Waals surface area contributed by atoms with E-state index in [9.17, 15) is 0 Å². The Morgan fingerprint density at radius 1 is 1.22 bits per heavy atom. The van der Waals surface area contributed by atoms with Gasteiger partial charge in [-0.3, -0.25) is 4.90 Å². The predicted octanol–water partition coefficient (Wildman–Crippen LogP) is 0.807. The molecule has 0 N–H and O–H groups in total. The largest absolute Gasteiger partial charge is 0.379 e. The Hall–Kier alpha value is -1.20. The molecule has 100 valence electrons. The lowest BCUT2D eigenvalue weighted by atomic mass is 10.2. The molecular formula is C13H22N4O. The van der Waals surface area contributed by atoms with Gasteiger partial charge in [-0.25, -0.2) is 9.97 Å². The Balaban J connectivity index is 1.72. The summed E-state index contributed by atoms with van der Waals surface area (Å²) in [5, 5.41) is 0. The van der Waals surface area contributed by atoms with Crippen LogP contribution in [0.2, 0.25) is 0 Å². The molecule has 2 heterocycles. The summed E-state index contributed by atoms with van der Waals surface area (Å²) in [6.07, 6.45) is 6.07. The van der Waals surface area contributed by atoms with Crippen LogP contribution in [0.4, 0.5) is 5.95 Å². The van der Waals surface area contributed by atoms with E-state index in [1.807, 2.05) is 31.4 Å². The Morgan fingerprint density at radius 2 is 1.89 bits per heavy atom. The minimum Gasteiger partial charge on any atom is -0.379 e. The fourth-order valence-electron chi connectivity index (χ4n) is 2.04. The van der Waals surface area contributed by atoms with E-state index in [0.29, 0.717) is 0 Å². The van der Waals surface area contributed by atoms with Crippen LogP contribution in [-0.4, -0.2) is 61.8 Å². The minimum absolute atomic E-state index is 0.770. The van der Waals surface area contributed by atoms with Crippen molar-refractivity contribution in [1.82, 2.24) is 14.9 Å². The molecule has 18 heavy (non-hydrogen) atoms. The van der Waals surface area contributed by atoms with Gasteiger partial charge < -0.3 is 9.64 Å². The van der Waals surface area contributed by atoms with Crippen molar-refractivity contribution in [2.24, 2.45) is 0 Å². The zero-order valence-electron chi connectivity index (χ0n) is 11.3. The SMILES string of the molecule is CN(C)c1ncc(CCCN2CCOCC2)cn1. The lowest BCUT2D eigenvalue weighted by Gasteiger charge is -2.26. The third-order valence-electron chi connectivity index (χ3n) is 3.14. The molecule has 1 aromatic rings. The average molecular weight is 250 g/mol. The van der Waals surface area contributed by atoms with Crippen LogP contribution in [0.3, 0.4) is 0 Å². The molecule has 2 rings (SSSR count). The number of ether oxygens (including phenoxy) is 1. The first kappa shape index (κ1) is 13.2. The first-order chi connectivity index (χ1) is 8.75. The molecule has 1 aromatic heterocycles. The summed E-state index contributed by atoms with van der Waals surface area (Å²) >= 11 is 0. The quantitative estimate of drug-likeness (QED) is 0.773. The molecule has 0 unspecified atom stereocenters. The summed E-state index contributed by atoms with van der Waals surface area (Å²) in [6.45, 7) is 5.02. The molecule has 1 aliphatic rings. The third kappa shape index (κ3) is 3.92. The van der Waals surface area contributed by atoms with Gasteiger partial charge in [0.1, 0.15) is 0 Å². The lowest BCUT2D eigenvalue weighted by Crippen LogP contribution is -2.36. The molecule has 5 heteroatoms. The second-order valence-electron chi connectivity index (χ2n) is 4.84. The van der Waals surface area contributed by atoms with Crippen molar-refractivity contribution in [2.45, 2.75) is 12.8 Å². The van der Waals surface area contributed by atoms with Crippen molar-refractivity contribution < 1.29 is 4.74 Å². The van der Waals surface area contributed by atoms with Gasteiger partial charge >= 0.3 is 0 Å². The highest BCUT2D eigenvalue weighted by Gasteiger charge is 2.09. The molecule has 1 fully saturated rings. The lowest BCUT2D eigenvalue weighted by molar-refractivity contribution is 0.0374. The molecule has 0 aliphatic carbocycles. The molecule has 0 spiro atoms. The molecule has 0 atom stereocenters. The summed E-state index contributed by atoms with van der Waals surface area (Å²) in [4.78, 5) is 13.0. The predicted molar refractivity (Wildman–Crippen MR) is 71.9 cm³/mol. The van der Waals surface area contributed by atoms with Crippen LogP contribution in [0.25, 0.3) is 0 Å². The maximum absolute atomic E-state index is 5.33. The normalized spacial score (nSPS) is 16.8. The van der Waals surface area contributed by atoms with Crippen LogP contribution in [0.5, 0.6) is 0 Å². The van der Waals surface area contributed by atoms with Crippen molar-refractivity contribution in [2.75, 3.05) is 51.8 Å². The van der Waals surface area contributed by atoms with Crippen LogP contribution in [0, 0.1) is 0 Å². The van der Waals surface area contributed by atoms with E-state index in [-0.39, 0.29) is 0 Å². The molecule has 5 nitrogen and oxygen atoms in total. The van der Waals surface area contributed by atoms with Gasteiger partial charge in [-0.2, -0.15) is 0 Å². The number of aryl methyl sites for hydroxylation is 1. The number of anilines is 1. The Morgan fingerprint density at radius 3 is 2.50 bits per heavy atom. The number of aromatic nitrogens is 2. The van der Waals surface area contributed by atoms with Gasteiger partial charge in [0.15, 0.2) is 0 Å². The monoisotopic (exact) mass is 250 g/mol. The zero-order chi connectivity index (χ0) is 12.8. The number of morpholine rings is 1. The molecule has 0 bridgehead atoms. The van der Waals surface area contributed by atoms with E-state index in [4.69, 9.17) is 4.74 Å². The maximum Gasteiger partial charge on any atom is 0.224 e. The van der Waals surface area contributed by atoms with Crippen molar-refractivity contribution in [3.05, 3.63) is 18.0 Å². The van der Waals surface area contributed by atoms with Gasteiger partial charge in [-0.05, 0) is 24.9 Å². The number of hydrogen-bond donors (Lipinski definition) is 0. The van der Waals surface area contributed by atoms with Gasteiger partial charge in [0.2, 0.25) is 5.95 Å². The van der Waals surface area contributed by atoms with E-state index in [1.165, 1.54) is 5.56 Å². The average Bonchev–Trinajstić information content (AvgIpc) is 2.40. The molecule has 0 aromatic carbocycles. The number of rotatable bonds is 5. The Bertz CT molecular complexity index is 347. The zero-order valence-corrected chi connectivity index (χ0v) is 11.3. The smallest absolute Gasteiger partial charge is 0.224 e. The highest BCUT2D eigenvalue weighted by molar-refractivity contribution is 5.26. The second-order valence-corrected chi connectivity index (χ2v) is 4.84. The summed E-state index contributed by atoms with van der Waals surface area (Å²) in [5.41, 5.74) is 1.22. The molecule has 1 saturated heterocycles. The van der Waals surface area contributed by atoms with Crippen LogP contribution < -0.4 is 4.90 Å². The molecular weight excluding hydrogens is 228 g/mol. The number of nitrogens with zero attached hydrogens (tertiary/aromatic N) is 4. The van der Waals surface area contributed by atoms with Crippen LogP contribution in [-0.2, 0) is 11.2 Å². The molecule has 0 radical (unpaired) electrons. The standard InChI is InChI=1S/C13H22N4O/c1-16(2)13-14-10-12(11-15-13)4-3-5-17-6-8-18-9-7-17/h10-11H,3-9H2,1-2H3. The third-order valence-corrected chi connectivity index (χ3v) is 3.14. The molecule has 1 aliphatic heterocycles. The fraction of sp³-hybridized carbons (Fsp3) is 0.692. The van der Waals surface area contributed by atoms with E-state index >= 15 is 0 Å². The van der Waals surface area contributed by atoms with Gasteiger partial charge in [0, 0.05) is 39.6 Å². The maximum atomic E-state index is 5.33. The van der Waals surface area contributed by atoms with Crippen molar-refractivity contribution in [3.8, 4) is 0 Å². The summed E-state index contributed by atoms with van der Waals surface area (Å²) in [6, 6.07) is 0. The van der Waals surface area contributed by atoms with Crippen molar-refractivity contribution >= 4 is 5.95 Å². The van der Waals surface area contributed by atoms with E-state index in [2.05, 4.69) is 14.9 Å². The van der Waals surface area contributed by atoms with Crippen molar-refractivity contribution in [3.63, 3.8) is 0 Å². The Labute approximate surface area is 109 Å². The van der Waals surface area contributed by atoms with Gasteiger partial charge in [0.25, 0.3) is 0 Å². The fourth-order valence-corrected chi connectivity index (χ4v) is 2.04. The van der Waals surface area contributed by atoms with Crippen molar-refractivity contribution in [1.29, 1.82) is 0 Å². The van der Waals surface area contributed by atoms with E-state index in [1.54, 1.807) is 0 Å². The van der Waals surface area contributed by atoms with Crippen LogP contribution in [0.1, 0.15) is 12.0 Å². The number of hydrogen-bond acceptors (Lipinski definition) is 5. The molecule has 0 saturated carbocycles. The van der Waals surface area contributed by atoms with Gasteiger partial charge in [0.05, 0.1) is 13.2 Å². The summed E-state index contributed by atoms with van der Waals surface area (Å²) < 4.78 is 5.33. The first-order valence-corrected chi connectivity index (χ1v) is 6.54. The highest BCUT2D eigenvalue weighted by Crippen LogP contribution is 2.06. The highest BCUT2D eigenvalue weighted by atomic mass is 16.5. The second kappa shape index (κ2) is 6.66. The van der Waals surface area contributed by atoms with Crippen LogP contribution >= 0.6 is 0 Å². The topological polar surface area (TPSA) is 41.5 Å². The Kier molecular flexibility index (Phi) is 4.90. The van der Waals surface area contributed by atoms with Crippen LogP contribution in [0.15, 0.2) is 12.4 Å².